The smallest absolute Gasteiger partial charge is 0.407 e. The van der Waals surface area contributed by atoms with E-state index in [0.29, 0.717) is 13.0 Å². The van der Waals surface area contributed by atoms with Gasteiger partial charge in [0.15, 0.2) is 0 Å². The highest BCUT2D eigenvalue weighted by molar-refractivity contribution is 5.69. The van der Waals surface area contributed by atoms with Crippen molar-refractivity contribution in [3.05, 3.63) is 0 Å². The summed E-state index contributed by atoms with van der Waals surface area (Å²) in [6.07, 6.45) is -0.311. The van der Waals surface area contributed by atoms with Gasteiger partial charge in [-0.2, -0.15) is 0 Å². The Balaban J connectivity index is 2.36. The number of alkyl carbamates (subject to hydrolysis) is 2. The quantitative estimate of drug-likeness (QED) is 0.704. The molecule has 2 amide bonds. The van der Waals surface area contributed by atoms with Crippen molar-refractivity contribution in [1.29, 1.82) is 0 Å². The molecule has 0 aliphatic carbocycles. The number of hydrogen-bond acceptors (Lipinski definition) is 4. The van der Waals surface area contributed by atoms with Gasteiger partial charge in [-0.15, -0.1) is 0 Å². The van der Waals surface area contributed by atoms with Gasteiger partial charge in [-0.25, -0.2) is 9.59 Å². The minimum atomic E-state index is -0.524. The predicted octanol–water partition coefficient (Wildman–Crippen LogP) is 1.01. The molecule has 6 nitrogen and oxygen atoms in total. The average molecular weight is 230 g/mol. The minimum Gasteiger partial charge on any atom is -0.447 e. The molecule has 1 rings (SSSR count). The fraction of sp³-hybridized carbons (Fsp3) is 0.800. The molecular weight excluding hydrogens is 212 g/mol. The normalized spacial score (nSPS) is 21.4. The van der Waals surface area contributed by atoms with Crippen LogP contribution >= 0.6 is 0 Å². The first-order chi connectivity index (χ1) is 7.37. The fourth-order valence-corrected chi connectivity index (χ4v) is 1.25. The van der Waals surface area contributed by atoms with Crippen molar-refractivity contribution < 1.29 is 19.1 Å². The number of cyclic esters (lactones) is 1. The van der Waals surface area contributed by atoms with E-state index in [1.807, 2.05) is 0 Å². The van der Waals surface area contributed by atoms with Crippen LogP contribution in [0, 0.1) is 0 Å². The summed E-state index contributed by atoms with van der Waals surface area (Å²) in [4.78, 5) is 22.3. The molecule has 1 aliphatic rings. The minimum absolute atomic E-state index is 0.172. The van der Waals surface area contributed by atoms with Crippen molar-refractivity contribution >= 4 is 12.2 Å². The van der Waals surface area contributed by atoms with E-state index in [1.54, 1.807) is 20.8 Å². The van der Waals surface area contributed by atoms with E-state index in [2.05, 4.69) is 10.6 Å². The number of ether oxygens (including phenoxy) is 2. The zero-order valence-corrected chi connectivity index (χ0v) is 9.83. The standard InChI is InChI=1S/C10H18N2O4/c1-10(2,3)16-9(14)12-7-4-5-11-8(13)15-6-7/h7H,4-6H2,1-3H3,(H,11,13)(H,12,14)/t7-/m0/s1. The Kier molecular flexibility index (Phi) is 3.98. The van der Waals surface area contributed by atoms with Crippen LogP contribution in [0.5, 0.6) is 0 Å². The Hall–Kier alpha value is -1.46. The van der Waals surface area contributed by atoms with Crippen LogP contribution in [0.2, 0.25) is 0 Å². The molecule has 0 aromatic rings. The van der Waals surface area contributed by atoms with E-state index in [4.69, 9.17) is 9.47 Å². The Morgan fingerprint density at radius 1 is 1.56 bits per heavy atom. The summed E-state index contributed by atoms with van der Waals surface area (Å²) in [5, 5.41) is 5.20. The summed E-state index contributed by atoms with van der Waals surface area (Å²) >= 11 is 0. The lowest BCUT2D eigenvalue weighted by Crippen LogP contribution is -2.41. The first-order valence-electron chi connectivity index (χ1n) is 5.27. The zero-order valence-electron chi connectivity index (χ0n) is 9.83. The summed E-state index contributed by atoms with van der Waals surface area (Å²) in [7, 11) is 0. The van der Waals surface area contributed by atoms with Gasteiger partial charge in [0.2, 0.25) is 0 Å². The molecule has 1 fully saturated rings. The van der Waals surface area contributed by atoms with E-state index in [1.165, 1.54) is 0 Å². The lowest BCUT2D eigenvalue weighted by atomic mass is 10.2. The van der Waals surface area contributed by atoms with Crippen LogP contribution in [-0.2, 0) is 9.47 Å². The summed E-state index contributed by atoms with van der Waals surface area (Å²) in [6.45, 7) is 6.04. The zero-order chi connectivity index (χ0) is 12.2. The highest BCUT2D eigenvalue weighted by Gasteiger charge is 2.22. The van der Waals surface area contributed by atoms with Crippen LogP contribution in [0.25, 0.3) is 0 Å². The third-order valence-electron chi connectivity index (χ3n) is 1.90. The van der Waals surface area contributed by atoms with Gasteiger partial charge in [0.1, 0.15) is 12.2 Å². The molecule has 0 radical (unpaired) electrons. The fourth-order valence-electron chi connectivity index (χ4n) is 1.25. The lowest BCUT2D eigenvalue weighted by molar-refractivity contribution is 0.0477. The average Bonchev–Trinajstić information content (AvgIpc) is 2.27. The Morgan fingerprint density at radius 2 is 2.25 bits per heavy atom. The number of nitrogens with one attached hydrogen (secondary N) is 2. The van der Waals surface area contributed by atoms with Crippen LogP contribution in [0.3, 0.4) is 0 Å². The third-order valence-corrected chi connectivity index (χ3v) is 1.90. The van der Waals surface area contributed by atoms with E-state index in [-0.39, 0.29) is 12.6 Å². The Labute approximate surface area is 94.7 Å². The maximum absolute atomic E-state index is 11.4. The summed E-state index contributed by atoms with van der Waals surface area (Å²) in [5.74, 6) is 0. The van der Waals surface area contributed by atoms with Gasteiger partial charge in [0, 0.05) is 6.54 Å². The molecule has 1 atom stereocenters. The second kappa shape index (κ2) is 5.05. The molecule has 0 saturated carbocycles. The maximum atomic E-state index is 11.4. The Morgan fingerprint density at radius 3 is 2.88 bits per heavy atom. The molecule has 0 spiro atoms. The molecule has 1 heterocycles. The Bertz CT molecular complexity index is 272. The highest BCUT2D eigenvalue weighted by Crippen LogP contribution is 2.07. The van der Waals surface area contributed by atoms with Gasteiger partial charge >= 0.3 is 12.2 Å². The van der Waals surface area contributed by atoms with Gasteiger partial charge in [0.05, 0.1) is 6.04 Å². The molecule has 0 aromatic carbocycles. The molecule has 0 unspecified atom stereocenters. The number of carbonyl (C=O) groups excluding carboxylic acids is 2. The molecule has 16 heavy (non-hydrogen) atoms. The van der Waals surface area contributed by atoms with E-state index in [9.17, 15) is 9.59 Å². The molecule has 6 heteroatoms. The molecule has 1 saturated heterocycles. The van der Waals surface area contributed by atoms with Crippen molar-refractivity contribution in [3.63, 3.8) is 0 Å². The van der Waals surface area contributed by atoms with E-state index in [0.717, 1.165) is 0 Å². The topological polar surface area (TPSA) is 76.7 Å². The van der Waals surface area contributed by atoms with E-state index < -0.39 is 17.8 Å². The van der Waals surface area contributed by atoms with Gasteiger partial charge in [0.25, 0.3) is 0 Å². The van der Waals surface area contributed by atoms with Crippen molar-refractivity contribution in [1.82, 2.24) is 10.6 Å². The van der Waals surface area contributed by atoms with Crippen LogP contribution in [-0.4, -0.2) is 37.0 Å². The van der Waals surface area contributed by atoms with Crippen LogP contribution in [0.15, 0.2) is 0 Å². The lowest BCUT2D eigenvalue weighted by Gasteiger charge is -2.22. The maximum Gasteiger partial charge on any atom is 0.407 e. The SMILES string of the molecule is CC(C)(C)OC(=O)N[C@H]1CCNC(=O)OC1. The van der Waals surface area contributed by atoms with Gasteiger partial charge in [-0.1, -0.05) is 0 Å². The number of carbonyl (C=O) groups is 2. The van der Waals surface area contributed by atoms with Crippen LogP contribution in [0.1, 0.15) is 27.2 Å². The molecule has 92 valence electrons. The number of rotatable bonds is 1. The molecule has 0 aromatic heterocycles. The van der Waals surface area contributed by atoms with Crippen LogP contribution in [0.4, 0.5) is 9.59 Å². The number of hydrogen-bond donors (Lipinski definition) is 2. The van der Waals surface area contributed by atoms with Crippen molar-refractivity contribution in [3.8, 4) is 0 Å². The van der Waals surface area contributed by atoms with Gasteiger partial charge in [-0.05, 0) is 27.2 Å². The monoisotopic (exact) mass is 230 g/mol. The molecular formula is C10H18N2O4. The second-order valence-corrected chi connectivity index (χ2v) is 4.66. The second-order valence-electron chi connectivity index (χ2n) is 4.66. The molecule has 2 N–H and O–H groups in total. The summed E-state index contributed by atoms with van der Waals surface area (Å²) in [6, 6.07) is -0.200. The number of amides is 2. The summed E-state index contributed by atoms with van der Waals surface area (Å²) < 4.78 is 9.92. The third kappa shape index (κ3) is 4.86. The first-order valence-corrected chi connectivity index (χ1v) is 5.27. The first kappa shape index (κ1) is 12.6. The molecule has 1 aliphatic heterocycles. The van der Waals surface area contributed by atoms with Gasteiger partial charge in [-0.3, -0.25) is 0 Å². The van der Waals surface area contributed by atoms with Crippen molar-refractivity contribution in [2.75, 3.05) is 13.2 Å². The highest BCUT2D eigenvalue weighted by atomic mass is 16.6. The largest absolute Gasteiger partial charge is 0.447 e. The van der Waals surface area contributed by atoms with Gasteiger partial charge < -0.3 is 20.1 Å². The van der Waals surface area contributed by atoms with Crippen molar-refractivity contribution in [2.24, 2.45) is 0 Å². The predicted molar refractivity (Wildman–Crippen MR) is 57.1 cm³/mol. The van der Waals surface area contributed by atoms with Crippen molar-refractivity contribution in [2.45, 2.75) is 38.8 Å². The van der Waals surface area contributed by atoms with Crippen LogP contribution < -0.4 is 10.6 Å². The molecule has 0 bridgehead atoms. The van der Waals surface area contributed by atoms with E-state index >= 15 is 0 Å². The summed E-state index contributed by atoms with van der Waals surface area (Å²) in [5.41, 5.74) is -0.524.